The summed E-state index contributed by atoms with van der Waals surface area (Å²) in [6, 6.07) is 12.0. The van der Waals surface area contributed by atoms with Crippen LogP contribution >= 0.6 is 11.6 Å². The Bertz CT molecular complexity index is 938. The van der Waals surface area contributed by atoms with Crippen molar-refractivity contribution in [3.8, 4) is 0 Å². The van der Waals surface area contributed by atoms with Crippen molar-refractivity contribution < 1.29 is 13.2 Å². The Morgan fingerprint density at radius 2 is 1.85 bits per heavy atom. The van der Waals surface area contributed by atoms with Crippen LogP contribution in [0.25, 0.3) is 0 Å². The zero-order valence-corrected chi connectivity index (χ0v) is 16.9. The van der Waals surface area contributed by atoms with Crippen molar-refractivity contribution in [1.29, 1.82) is 0 Å². The van der Waals surface area contributed by atoms with Gasteiger partial charge in [-0.05, 0) is 61.1 Å². The lowest BCUT2D eigenvalue weighted by Gasteiger charge is -2.20. The van der Waals surface area contributed by atoms with E-state index in [9.17, 15) is 13.2 Å². The normalized spacial score (nSPS) is 15.4. The fourth-order valence-corrected chi connectivity index (χ4v) is 4.27. The third-order valence-corrected chi connectivity index (χ3v) is 6.50. The summed E-state index contributed by atoms with van der Waals surface area (Å²) in [7, 11) is -3.62. The Balaban J connectivity index is 1.87. The second-order valence-corrected chi connectivity index (χ2v) is 9.02. The summed E-state index contributed by atoms with van der Waals surface area (Å²) >= 11 is 5.97. The Kier molecular flexibility index (Phi) is 5.89. The van der Waals surface area contributed by atoms with E-state index in [-0.39, 0.29) is 23.4 Å². The lowest BCUT2D eigenvalue weighted by Crippen LogP contribution is -2.31. The molecule has 27 heavy (non-hydrogen) atoms. The second kappa shape index (κ2) is 8.00. The third-order valence-electron chi connectivity index (χ3n) is 4.71. The molecule has 1 aliphatic carbocycles. The van der Waals surface area contributed by atoms with E-state index in [1.165, 1.54) is 12.1 Å². The first-order chi connectivity index (χ1) is 12.8. The Morgan fingerprint density at radius 3 is 2.44 bits per heavy atom. The highest BCUT2D eigenvalue weighted by molar-refractivity contribution is 7.89. The molecule has 1 unspecified atom stereocenters. The van der Waals surface area contributed by atoms with Crippen LogP contribution < -0.4 is 10.0 Å². The first kappa shape index (κ1) is 19.9. The van der Waals surface area contributed by atoms with E-state index in [0.29, 0.717) is 16.5 Å². The molecule has 7 heteroatoms. The molecule has 1 atom stereocenters. The molecule has 1 fully saturated rings. The average molecular weight is 407 g/mol. The average Bonchev–Trinajstić information content (AvgIpc) is 3.45. The predicted molar refractivity (Wildman–Crippen MR) is 106 cm³/mol. The van der Waals surface area contributed by atoms with Crippen LogP contribution in [0, 0.1) is 12.8 Å². The summed E-state index contributed by atoms with van der Waals surface area (Å²) in [6.07, 6.45) is 2.11. The lowest BCUT2D eigenvalue weighted by atomic mass is 10.0. The molecule has 3 rings (SSSR count). The highest BCUT2D eigenvalue weighted by Crippen LogP contribution is 2.41. The fraction of sp³-hybridized carbons (Fsp3) is 0.350. The van der Waals surface area contributed by atoms with Crippen molar-refractivity contribution in [2.45, 2.75) is 37.6 Å². The summed E-state index contributed by atoms with van der Waals surface area (Å²) in [4.78, 5) is 13.0. The molecule has 1 amide bonds. The van der Waals surface area contributed by atoms with Crippen molar-refractivity contribution in [2.75, 3.05) is 6.54 Å². The Morgan fingerprint density at radius 1 is 1.19 bits per heavy atom. The highest BCUT2D eigenvalue weighted by atomic mass is 35.5. The molecule has 0 aliphatic heterocycles. The number of rotatable bonds is 7. The van der Waals surface area contributed by atoms with Crippen LogP contribution in [0.15, 0.2) is 47.4 Å². The molecule has 5 nitrogen and oxygen atoms in total. The van der Waals surface area contributed by atoms with Gasteiger partial charge in [-0.1, -0.05) is 36.7 Å². The zero-order chi connectivity index (χ0) is 19.6. The second-order valence-electron chi connectivity index (χ2n) is 6.82. The molecule has 2 aromatic carbocycles. The third kappa shape index (κ3) is 4.69. The smallest absolute Gasteiger partial charge is 0.252 e. The monoisotopic (exact) mass is 406 g/mol. The van der Waals surface area contributed by atoms with Crippen LogP contribution in [0.4, 0.5) is 0 Å². The molecule has 2 aromatic rings. The van der Waals surface area contributed by atoms with Crippen LogP contribution in [0.5, 0.6) is 0 Å². The van der Waals surface area contributed by atoms with Crippen LogP contribution in [-0.4, -0.2) is 20.9 Å². The highest BCUT2D eigenvalue weighted by Gasteiger charge is 2.34. The number of carbonyl (C=O) groups excluding carboxylic acids is 1. The molecule has 0 bridgehead atoms. The van der Waals surface area contributed by atoms with Gasteiger partial charge < -0.3 is 5.32 Å². The number of aryl methyl sites for hydroxylation is 1. The van der Waals surface area contributed by atoms with Gasteiger partial charge in [0.2, 0.25) is 10.0 Å². The van der Waals surface area contributed by atoms with E-state index in [1.54, 1.807) is 19.9 Å². The topological polar surface area (TPSA) is 75.3 Å². The van der Waals surface area contributed by atoms with Gasteiger partial charge in [0.1, 0.15) is 0 Å². The molecule has 0 heterocycles. The maximum absolute atomic E-state index is 12.9. The van der Waals surface area contributed by atoms with Crippen LogP contribution in [0.1, 0.15) is 47.3 Å². The molecule has 2 N–H and O–H groups in total. The van der Waals surface area contributed by atoms with E-state index < -0.39 is 10.0 Å². The number of hydrogen-bond donors (Lipinski definition) is 2. The number of sulfonamides is 1. The Hall–Kier alpha value is -1.89. The van der Waals surface area contributed by atoms with E-state index in [0.717, 1.165) is 24.0 Å². The van der Waals surface area contributed by atoms with Gasteiger partial charge in [0.15, 0.2) is 0 Å². The van der Waals surface area contributed by atoms with Crippen molar-refractivity contribution in [2.24, 2.45) is 5.92 Å². The van der Waals surface area contributed by atoms with Gasteiger partial charge in [0.05, 0.1) is 10.9 Å². The van der Waals surface area contributed by atoms with Gasteiger partial charge in [-0.3, -0.25) is 4.79 Å². The van der Waals surface area contributed by atoms with Crippen molar-refractivity contribution in [3.05, 3.63) is 64.2 Å². The van der Waals surface area contributed by atoms with Gasteiger partial charge in [-0.2, -0.15) is 0 Å². The molecule has 1 aliphatic rings. The van der Waals surface area contributed by atoms with Crippen molar-refractivity contribution >= 4 is 27.5 Å². The van der Waals surface area contributed by atoms with Gasteiger partial charge in [-0.15, -0.1) is 0 Å². The minimum Gasteiger partial charge on any atom is -0.345 e. The van der Waals surface area contributed by atoms with Crippen LogP contribution in [0.2, 0.25) is 5.02 Å². The quantitative estimate of drug-likeness (QED) is 0.733. The van der Waals surface area contributed by atoms with Gasteiger partial charge >= 0.3 is 0 Å². The van der Waals surface area contributed by atoms with Gasteiger partial charge in [0.25, 0.3) is 5.91 Å². The molecule has 0 aromatic heterocycles. The molecular weight excluding hydrogens is 384 g/mol. The van der Waals surface area contributed by atoms with Gasteiger partial charge in [0, 0.05) is 17.1 Å². The SMILES string of the molecule is CCNS(=O)(=O)c1ccc(C)c(C(=O)NC(c2ccc(Cl)cc2)C2CC2)c1. The van der Waals surface area contributed by atoms with E-state index >= 15 is 0 Å². The number of halogens is 1. The maximum Gasteiger partial charge on any atom is 0.252 e. The van der Waals surface area contributed by atoms with E-state index in [2.05, 4.69) is 10.0 Å². The molecule has 144 valence electrons. The Labute approximate surface area is 165 Å². The molecule has 0 radical (unpaired) electrons. The molecular formula is C20H23ClN2O3S. The fourth-order valence-electron chi connectivity index (χ4n) is 3.08. The van der Waals surface area contributed by atoms with E-state index in [4.69, 9.17) is 11.6 Å². The summed E-state index contributed by atoms with van der Waals surface area (Å²) < 4.78 is 27.0. The van der Waals surface area contributed by atoms with Crippen molar-refractivity contribution in [1.82, 2.24) is 10.0 Å². The number of hydrogen-bond acceptors (Lipinski definition) is 3. The minimum absolute atomic E-state index is 0.0922. The molecule has 1 saturated carbocycles. The lowest BCUT2D eigenvalue weighted by molar-refractivity contribution is 0.0931. The van der Waals surface area contributed by atoms with Gasteiger partial charge in [-0.25, -0.2) is 13.1 Å². The first-order valence-electron chi connectivity index (χ1n) is 8.98. The molecule has 0 saturated heterocycles. The number of carbonyl (C=O) groups is 1. The largest absolute Gasteiger partial charge is 0.345 e. The summed E-state index contributed by atoms with van der Waals surface area (Å²) in [6.45, 7) is 3.80. The zero-order valence-electron chi connectivity index (χ0n) is 15.3. The predicted octanol–water partition coefficient (Wildman–Crippen LogP) is 3.83. The minimum atomic E-state index is -3.62. The molecule has 0 spiro atoms. The number of nitrogens with one attached hydrogen (secondary N) is 2. The summed E-state index contributed by atoms with van der Waals surface area (Å²) in [5, 5.41) is 3.74. The standard InChI is InChI=1S/C20H23ClN2O3S/c1-3-22-27(25,26)17-11-4-13(2)18(12-17)20(24)23-19(14-5-6-14)15-7-9-16(21)10-8-15/h4,7-12,14,19,22H,3,5-6H2,1-2H3,(H,23,24). The maximum atomic E-state index is 12.9. The first-order valence-corrected chi connectivity index (χ1v) is 10.8. The van der Waals surface area contributed by atoms with E-state index in [1.807, 2.05) is 24.3 Å². The number of amides is 1. The summed E-state index contributed by atoms with van der Waals surface area (Å²) in [5.74, 6) is 0.122. The van der Waals surface area contributed by atoms with Crippen LogP contribution in [0.3, 0.4) is 0 Å². The summed E-state index contributed by atoms with van der Waals surface area (Å²) in [5.41, 5.74) is 2.10. The van der Waals surface area contributed by atoms with Crippen molar-refractivity contribution in [3.63, 3.8) is 0 Å². The van der Waals surface area contributed by atoms with Crippen LogP contribution in [-0.2, 0) is 10.0 Å². The number of benzene rings is 2.